The largest absolute Gasteiger partial charge is 0.383 e. The molecule has 0 fully saturated rings. The zero-order valence-corrected chi connectivity index (χ0v) is 24.4. The molecule has 2 aliphatic rings. The van der Waals surface area contributed by atoms with Gasteiger partial charge in [-0.1, -0.05) is 92.2 Å². The number of aryl methyl sites for hydroxylation is 1. The average Bonchev–Trinajstić information content (AvgIpc) is 3.24. The molecule has 1 heterocycles. The molecule has 8 rings (SSSR count). The Labute approximate surface area is 251 Å². The van der Waals surface area contributed by atoms with Crippen LogP contribution in [0.4, 0.5) is 17.1 Å². The van der Waals surface area contributed by atoms with E-state index in [1.807, 2.05) is 42.5 Å². The molecule has 0 saturated heterocycles. The summed E-state index contributed by atoms with van der Waals surface area (Å²) in [5.41, 5.74) is 9.66. The quantitative estimate of drug-likeness (QED) is 0.216. The number of rotatable bonds is 2. The Kier molecular flexibility index (Phi) is 5.53. The highest BCUT2D eigenvalue weighted by atomic mass is 16.3. The first-order valence-electron chi connectivity index (χ1n) is 14.8. The van der Waals surface area contributed by atoms with E-state index in [4.69, 9.17) is 0 Å². The van der Waals surface area contributed by atoms with Gasteiger partial charge in [0, 0.05) is 22.2 Å². The van der Waals surface area contributed by atoms with Gasteiger partial charge in [-0.25, -0.2) is 0 Å². The lowest BCUT2D eigenvalue weighted by molar-refractivity contribution is 0.102. The molecule has 0 bridgehead atoms. The molecule has 0 aromatic heterocycles. The fourth-order valence-corrected chi connectivity index (χ4v) is 7.16. The van der Waals surface area contributed by atoms with Crippen molar-refractivity contribution in [1.82, 2.24) is 0 Å². The lowest BCUT2D eigenvalue weighted by atomic mass is 9.71. The number of anilines is 3. The van der Waals surface area contributed by atoms with Gasteiger partial charge < -0.3 is 10.0 Å². The van der Waals surface area contributed by atoms with Gasteiger partial charge in [-0.3, -0.25) is 4.79 Å². The number of aliphatic hydroxyl groups excluding tert-OH is 1. The molecule has 1 aliphatic carbocycles. The number of benzene rings is 6. The van der Waals surface area contributed by atoms with Crippen molar-refractivity contribution < 1.29 is 9.90 Å². The number of hydrogen-bond donors (Lipinski definition) is 1. The van der Waals surface area contributed by atoms with E-state index in [0.717, 1.165) is 27.4 Å². The van der Waals surface area contributed by atoms with Crippen LogP contribution in [0.25, 0.3) is 27.6 Å². The zero-order chi connectivity index (χ0) is 29.5. The van der Waals surface area contributed by atoms with Gasteiger partial charge in [0.1, 0.15) is 6.10 Å². The minimum atomic E-state index is -0.940. The van der Waals surface area contributed by atoms with Crippen LogP contribution in [0.2, 0.25) is 0 Å². The van der Waals surface area contributed by atoms with Crippen molar-refractivity contribution in [2.75, 3.05) is 4.90 Å². The van der Waals surface area contributed by atoms with E-state index in [9.17, 15) is 9.90 Å². The highest BCUT2D eigenvalue weighted by molar-refractivity contribution is 6.18. The number of fused-ring (bicyclic) bond motifs is 6. The molecule has 1 unspecified atom stereocenters. The van der Waals surface area contributed by atoms with E-state index in [-0.39, 0.29) is 11.2 Å². The summed E-state index contributed by atoms with van der Waals surface area (Å²) in [7, 11) is 0. The molecule has 1 N–H and O–H groups in total. The molecule has 6 aromatic carbocycles. The van der Waals surface area contributed by atoms with Gasteiger partial charge in [-0.2, -0.15) is 0 Å². The van der Waals surface area contributed by atoms with Crippen LogP contribution in [-0.4, -0.2) is 10.9 Å². The molecular weight excluding hydrogens is 526 g/mol. The van der Waals surface area contributed by atoms with Crippen LogP contribution in [0.15, 0.2) is 121 Å². The van der Waals surface area contributed by atoms with Crippen molar-refractivity contribution in [2.24, 2.45) is 0 Å². The number of Topliss-reactive ketones (excluding diaryl/α,β-unsaturated/α-hetero) is 1. The third-order valence-corrected chi connectivity index (χ3v) is 9.33. The van der Waals surface area contributed by atoms with Crippen LogP contribution in [0.5, 0.6) is 0 Å². The number of ketones is 1. The molecule has 0 saturated carbocycles. The minimum absolute atomic E-state index is 0.106. The van der Waals surface area contributed by atoms with Gasteiger partial charge in [0.15, 0.2) is 5.78 Å². The van der Waals surface area contributed by atoms with Crippen LogP contribution in [0, 0.1) is 6.92 Å². The third-order valence-electron chi connectivity index (χ3n) is 9.33. The zero-order valence-electron chi connectivity index (χ0n) is 24.4. The van der Waals surface area contributed by atoms with Crippen LogP contribution >= 0.6 is 0 Å². The molecule has 43 heavy (non-hydrogen) atoms. The minimum Gasteiger partial charge on any atom is -0.383 e. The lowest BCUT2D eigenvalue weighted by Gasteiger charge is -2.42. The number of aliphatic hydroxyl groups is 1. The van der Waals surface area contributed by atoms with Gasteiger partial charge in [0.25, 0.3) is 0 Å². The van der Waals surface area contributed by atoms with Crippen LogP contribution in [-0.2, 0) is 5.41 Å². The predicted molar refractivity (Wildman–Crippen MR) is 177 cm³/mol. The Morgan fingerprint density at radius 1 is 0.744 bits per heavy atom. The molecule has 1 aliphatic heterocycles. The summed E-state index contributed by atoms with van der Waals surface area (Å²) < 4.78 is 0. The smallest absolute Gasteiger partial charge is 0.192 e. The van der Waals surface area contributed by atoms with Crippen molar-refractivity contribution in [3.8, 4) is 0 Å². The van der Waals surface area contributed by atoms with E-state index in [0.29, 0.717) is 16.7 Å². The molecule has 0 amide bonds. The monoisotopic (exact) mass is 557 g/mol. The summed E-state index contributed by atoms with van der Waals surface area (Å²) in [5, 5.41) is 15.5. The highest BCUT2D eigenvalue weighted by Gasteiger charge is 2.38. The predicted octanol–water partition coefficient (Wildman–Crippen LogP) is 9.72. The summed E-state index contributed by atoms with van der Waals surface area (Å²) >= 11 is 0. The first kappa shape index (κ1) is 25.7. The number of carbonyl (C=O) groups excluding carboxylic acids is 1. The molecule has 3 nitrogen and oxygen atoms in total. The second-order valence-corrected chi connectivity index (χ2v) is 12.4. The van der Waals surface area contributed by atoms with Gasteiger partial charge in [0.05, 0.1) is 11.4 Å². The van der Waals surface area contributed by atoms with Gasteiger partial charge in [0.2, 0.25) is 0 Å². The maximum atomic E-state index is 13.5. The van der Waals surface area contributed by atoms with Crippen LogP contribution < -0.4 is 4.90 Å². The second-order valence-electron chi connectivity index (χ2n) is 12.4. The Morgan fingerprint density at radius 3 is 2.26 bits per heavy atom. The number of hydrogen-bond acceptors (Lipinski definition) is 3. The molecule has 0 spiro atoms. The highest BCUT2D eigenvalue weighted by Crippen LogP contribution is 2.54. The van der Waals surface area contributed by atoms with Crippen molar-refractivity contribution in [3.63, 3.8) is 0 Å². The van der Waals surface area contributed by atoms with E-state index in [1.165, 1.54) is 33.5 Å². The molecule has 1 atom stereocenters. The summed E-state index contributed by atoms with van der Waals surface area (Å²) in [6.45, 7) is 6.73. The second kappa shape index (κ2) is 9.26. The van der Waals surface area contributed by atoms with Crippen molar-refractivity contribution in [3.05, 3.63) is 154 Å². The van der Waals surface area contributed by atoms with Gasteiger partial charge in [-0.05, 0) is 99.3 Å². The fraction of sp³-hybridized carbons (Fsp3) is 0.125. The van der Waals surface area contributed by atoms with Crippen LogP contribution in [0.1, 0.15) is 58.1 Å². The first-order chi connectivity index (χ1) is 20.8. The molecule has 0 radical (unpaired) electrons. The molecule has 6 aromatic rings. The average molecular weight is 558 g/mol. The number of carbonyl (C=O) groups is 1. The fourth-order valence-electron chi connectivity index (χ4n) is 7.16. The third kappa shape index (κ3) is 3.82. The summed E-state index contributed by atoms with van der Waals surface area (Å²) in [6.07, 6.45) is 0.917. The Bertz CT molecular complexity index is 2150. The summed E-state index contributed by atoms with van der Waals surface area (Å²) in [6, 6.07) is 40.0. The lowest BCUT2D eigenvalue weighted by Crippen LogP contribution is -2.30. The normalized spacial score (nSPS) is 17.8. The molecule has 208 valence electrons. The van der Waals surface area contributed by atoms with Gasteiger partial charge >= 0.3 is 0 Å². The molecule has 3 heteroatoms. The number of nitrogens with zero attached hydrogens (tertiary/aromatic N) is 1. The maximum Gasteiger partial charge on any atom is 0.192 e. The summed E-state index contributed by atoms with van der Waals surface area (Å²) in [4.78, 5) is 15.8. The summed E-state index contributed by atoms with van der Waals surface area (Å²) in [5.74, 6) is -0.106. The maximum absolute atomic E-state index is 13.5. The van der Waals surface area contributed by atoms with Crippen LogP contribution in [0.3, 0.4) is 0 Å². The van der Waals surface area contributed by atoms with E-state index < -0.39 is 6.10 Å². The number of para-hydroxylation sites is 1. The van der Waals surface area contributed by atoms with Crippen molar-refractivity contribution in [1.29, 1.82) is 0 Å². The topological polar surface area (TPSA) is 40.5 Å². The van der Waals surface area contributed by atoms with E-state index in [2.05, 4.69) is 105 Å². The molecular formula is C40H31NO2. The standard InChI is InChI=1S/C40H31NO2/c1-24-12-16-29(17-13-24)41-35-11-7-6-10-34(35)40(2,3)37-30-18-14-25(20-28(30)15-19-36(37)41)21-33-38(42)31-22-26-8-4-5-9-27(26)23-32(31)39(33)43/h4-23,38,42H,1-3H3. The Hall–Kier alpha value is -4.99. The Morgan fingerprint density at radius 2 is 1.47 bits per heavy atom. The Balaban J connectivity index is 1.26. The van der Waals surface area contributed by atoms with E-state index >= 15 is 0 Å². The van der Waals surface area contributed by atoms with E-state index in [1.54, 1.807) is 0 Å². The SMILES string of the molecule is Cc1ccc(N2c3ccccc3C(C)(C)c3c2ccc2cc(C=C4C(=O)c5cc6ccccc6cc5C4O)ccc32)cc1. The van der Waals surface area contributed by atoms with Crippen molar-refractivity contribution in [2.45, 2.75) is 32.3 Å². The van der Waals surface area contributed by atoms with Gasteiger partial charge in [-0.15, -0.1) is 0 Å². The first-order valence-corrected chi connectivity index (χ1v) is 14.8. The van der Waals surface area contributed by atoms with Crippen molar-refractivity contribution >= 4 is 50.5 Å².